The Kier molecular flexibility index (Phi) is 2.38. The highest BCUT2D eigenvalue weighted by Gasteiger charge is 2.29. The van der Waals surface area contributed by atoms with Crippen molar-refractivity contribution in [2.75, 3.05) is 6.61 Å². The van der Waals surface area contributed by atoms with Gasteiger partial charge in [-0.2, -0.15) is 0 Å². The molecule has 1 aliphatic rings. The molecule has 0 aromatic carbocycles. The van der Waals surface area contributed by atoms with Gasteiger partial charge in [0.2, 0.25) is 0 Å². The van der Waals surface area contributed by atoms with Crippen LogP contribution in [-0.4, -0.2) is 11.7 Å². The molecule has 64 valence electrons. The fraction of sp³-hybridized carbons (Fsp3) is 0.800. The lowest BCUT2D eigenvalue weighted by atomic mass is 9.71. The van der Waals surface area contributed by atoms with E-state index >= 15 is 0 Å². The van der Waals surface area contributed by atoms with Crippen LogP contribution >= 0.6 is 0 Å². The minimum Gasteiger partial charge on any atom is -0.396 e. The van der Waals surface area contributed by atoms with Crippen LogP contribution in [0.3, 0.4) is 0 Å². The number of allylic oxidation sites excluding steroid dienone is 2. The summed E-state index contributed by atoms with van der Waals surface area (Å²) >= 11 is 0. The molecule has 1 heteroatoms. The van der Waals surface area contributed by atoms with Gasteiger partial charge in [0, 0.05) is 6.61 Å². The summed E-state index contributed by atoms with van der Waals surface area (Å²) in [5, 5.41) is 9.08. The maximum absolute atomic E-state index is 9.08. The molecule has 0 saturated carbocycles. The number of hydrogen-bond donors (Lipinski definition) is 1. The second kappa shape index (κ2) is 2.98. The SMILES string of the molecule is CC1=CC(C)(C)C(CO)CC1. The molecule has 1 atom stereocenters. The summed E-state index contributed by atoms with van der Waals surface area (Å²) in [7, 11) is 0. The van der Waals surface area contributed by atoms with E-state index in [4.69, 9.17) is 5.11 Å². The summed E-state index contributed by atoms with van der Waals surface area (Å²) in [6.45, 7) is 6.92. The van der Waals surface area contributed by atoms with Gasteiger partial charge < -0.3 is 5.11 Å². The van der Waals surface area contributed by atoms with Crippen molar-refractivity contribution in [2.24, 2.45) is 11.3 Å². The van der Waals surface area contributed by atoms with Crippen molar-refractivity contribution in [1.29, 1.82) is 0 Å². The Bertz CT molecular complexity index is 168. The zero-order valence-corrected chi connectivity index (χ0v) is 7.72. The molecule has 1 rings (SSSR count). The average Bonchev–Trinajstić information content (AvgIpc) is 1.85. The minimum absolute atomic E-state index is 0.205. The van der Waals surface area contributed by atoms with E-state index in [0.29, 0.717) is 12.5 Å². The third kappa shape index (κ3) is 1.84. The van der Waals surface area contributed by atoms with Crippen LogP contribution < -0.4 is 0 Å². The highest BCUT2D eigenvalue weighted by molar-refractivity contribution is 5.11. The zero-order valence-electron chi connectivity index (χ0n) is 7.72. The first kappa shape index (κ1) is 8.79. The Labute approximate surface area is 69.1 Å². The number of rotatable bonds is 1. The van der Waals surface area contributed by atoms with Crippen LogP contribution in [0, 0.1) is 11.3 Å². The van der Waals surface area contributed by atoms with Gasteiger partial charge in [0.25, 0.3) is 0 Å². The molecule has 0 spiro atoms. The Hall–Kier alpha value is -0.300. The van der Waals surface area contributed by atoms with Crippen molar-refractivity contribution < 1.29 is 5.11 Å². The highest BCUT2D eigenvalue weighted by Crippen LogP contribution is 2.37. The van der Waals surface area contributed by atoms with Crippen molar-refractivity contribution in [2.45, 2.75) is 33.6 Å². The first-order chi connectivity index (χ1) is 5.06. The van der Waals surface area contributed by atoms with E-state index in [2.05, 4.69) is 26.8 Å². The number of aliphatic hydroxyl groups excluding tert-OH is 1. The number of hydrogen-bond acceptors (Lipinski definition) is 1. The second-order valence-electron chi connectivity index (χ2n) is 4.23. The largest absolute Gasteiger partial charge is 0.396 e. The molecule has 1 nitrogen and oxygen atoms in total. The van der Waals surface area contributed by atoms with Crippen LogP contribution in [0.4, 0.5) is 0 Å². The Morgan fingerprint density at radius 1 is 1.64 bits per heavy atom. The first-order valence-corrected chi connectivity index (χ1v) is 4.35. The van der Waals surface area contributed by atoms with Crippen LogP contribution in [0.15, 0.2) is 11.6 Å². The van der Waals surface area contributed by atoms with Crippen molar-refractivity contribution >= 4 is 0 Å². The van der Waals surface area contributed by atoms with Gasteiger partial charge in [-0.3, -0.25) is 0 Å². The third-order valence-electron chi connectivity index (χ3n) is 2.78. The molecule has 0 aliphatic heterocycles. The number of aliphatic hydroxyl groups is 1. The smallest absolute Gasteiger partial charge is 0.0467 e. The fourth-order valence-electron chi connectivity index (χ4n) is 1.93. The van der Waals surface area contributed by atoms with Gasteiger partial charge in [-0.15, -0.1) is 0 Å². The first-order valence-electron chi connectivity index (χ1n) is 4.35. The average molecular weight is 154 g/mol. The van der Waals surface area contributed by atoms with Crippen molar-refractivity contribution in [3.8, 4) is 0 Å². The van der Waals surface area contributed by atoms with Crippen molar-refractivity contribution in [3.05, 3.63) is 11.6 Å². The fourth-order valence-corrected chi connectivity index (χ4v) is 1.93. The van der Waals surface area contributed by atoms with E-state index in [-0.39, 0.29) is 5.41 Å². The van der Waals surface area contributed by atoms with Crippen LogP contribution in [0.25, 0.3) is 0 Å². The molecule has 0 fully saturated rings. The molecular formula is C10H18O. The molecular weight excluding hydrogens is 136 g/mol. The van der Waals surface area contributed by atoms with E-state index in [9.17, 15) is 0 Å². The lowest BCUT2D eigenvalue weighted by Gasteiger charge is -2.35. The van der Waals surface area contributed by atoms with Gasteiger partial charge in [-0.05, 0) is 31.1 Å². The monoisotopic (exact) mass is 154 g/mol. The third-order valence-corrected chi connectivity index (χ3v) is 2.78. The normalized spacial score (nSPS) is 29.8. The van der Waals surface area contributed by atoms with E-state index in [1.54, 1.807) is 0 Å². The molecule has 1 aliphatic carbocycles. The van der Waals surface area contributed by atoms with Gasteiger partial charge in [0.1, 0.15) is 0 Å². The Balaban J connectivity index is 2.76. The molecule has 0 heterocycles. The lowest BCUT2D eigenvalue weighted by Crippen LogP contribution is -2.28. The van der Waals surface area contributed by atoms with Gasteiger partial charge in [-0.1, -0.05) is 25.5 Å². The molecule has 0 radical (unpaired) electrons. The molecule has 0 aromatic rings. The van der Waals surface area contributed by atoms with E-state index < -0.39 is 0 Å². The maximum atomic E-state index is 9.08. The van der Waals surface area contributed by atoms with Gasteiger partial charge in [0.05, 0.1) is 0 Å². The van der Waals surface area contributed by atoms with Crippen LogP contribution in [-0.2, 0) is 0 Å². The molecule has 0 aromatic heterocycles. The van der Waals surface area contributed by atoms with Crippen molar-refractivity contribution in [1.82, 2.24) is 0 Å². The molecule has 0 amide bonds. The summed E-state index contributed by atoms with van der Waals surface area (Å²) in [6, 6.07) is 0. The highest BCUT2D eigenvalue weighted by atomic mass is 16.3. The van der Waals surface area contributed by atoms with Gasteiger partial charge in [-0.25, -0.2) is 0 Å². The standard InChI is InChI=1S/C10H18O/c1-8-4-5-9(7-11)10(2,3)6-8/h6,9,11H,4-5,7H2,1-3H3. The van der Waals surface area contributed by atoms with Crippen LogP contribution in [0.1, 0.15) is 33.6 Å². The van der Waals surface area contributed by atoms with Crippen LogP contribution in [0.2, 0.25) is 0 Å². The predicted octanol–water partition coefficient (Wildman–Crippen LogP) is 2.36. The summed E-state index contributed by atoms with van der Waals surface area (Å²) in [4.78, 5) is 0. The topological polar surface area (TPSA) is 20.2 Å². The van der Waals surface area contributed by atoms with Gasteiger partial charge in [0.15, 0.2) is 0 Å². The second-order valence-corrected chi connectivity index (χ2v) is 4.23. The Morgan fingerprint density at radius 3 is 2.73 bits per heavy atom. The minimum atomic E-state index is 0.205. The molecule has 0 bridgehead atoms. The van der Waals surface area contributed by atoms with E-state index in [0.717, 1.165) is 12.8 Å². The zero-order chi connectivity index (χ0) is 8.48. The molecule has 0 saturated heterocycles. The van der Waals surface area contributed by atoms with Crippen molar-refractivity contribution in [3.63, 3.8) is 0 Å². The summed E-state index contributed by atoms with van der Waals surface area (Å²) < 4.78 is 0. The lowest BCUT2D eigenvalue weighted by molar-refractivity contribution is 0.135. The Morgan fingerprint density at radius 2 is 2.27 bits per heavy atom. The summed E-state index contributed by atoms with van der Waals surface area (Å²) in [5.41, 5.74) is 1.68. The van der Waals surface area contributed by atoms with E-state index in [1.807, 2.05) is 0 Å². The molecule has 11 heavy (non-hydrogen) atoms. The maximum Gasteiger partial charge on any atom is 0.0467 e. The summed E-state index contributed by atoms with van der Waals surface area (Å²) in [5.74, 6) is 0.464. The van der Waals surface area contributed by atoms with Crippen LogP contribution in [0.5, 0.6) is 0 Å². The van der Waals surface area contributed by atoms with Gasteiger partial charge >= 0.3 is 0 Å². The summed E-state index contributed by atoms with van der Waals surface area (Å²) in [6.07, 6.45) is 4.61. The molecule has 1 unspecified atom stereocenters. The molecule has 1 N–H and O–H groups in total. The predicted molar refractivity (Wildman–Crippen MR) is 47.3 cm³/mol. The van der Waals surface area contributed by atoms with E-state index in [1.165, 1.54) is 5.57 Å². The quantitative estimate of drug-likeness (QED) is 0.575.